The minimum absolute atomic E-state index is 0.0724. The predicted octanol–water partition coefficient (Wildman–Crippen LogP) is 0.509. The summed E-state index contributed by atoms with van der Waals surface area (Å²) in [6, 6.07) is 3.83. The molecule has 2 rings (SSSR count). The summed E-state index contributed by atoms with van der Waals surface area (Å²) in [5.74, 6) is 0.0823. The van der Waals surface area contributed by atoms with Crippen LogP contribution in [0.2, 0.25) is 0 Å². The van der Waals surface area contributed by atoms with E-state index < -0.39 is 0 Å². The quantitative estimate of drug-likeness (QED) is 0.829. The molecule has 2 heterocycles. The van der Waals surface area contributed by atoms with Gasteiger partial charge in [0.2, 0.25) is 5.91 Å². The van der Waals surface area contributed by atoms with E-state index >= 15 is 0 Å². The molecule has 1 fully saturated rings. The fourth-order valence-electron chi connectivity index (χ4n) is 2.54. The Hall–Kier alpha value is -1.46. The van der Waals surface area contributed by atoms with Crippen molar-refractivity contribution in [3.8, 4) is 0 Å². The maximum atomic E-state index is 12.1. The van der Waals surface area contributed by atoms with Crippen molar-refractivity contribution < 1.29 is 4.79 Å². The molecular weight excluding hydrogens is 240 g/mol. The van der Waals surface area contributed by atoms with E-state index in [1.54, 1.807) is 12.4 Å². The predicted molar refractivity (Wildman–Crippen MR) is 74.3 cm³/mol. The lowest BCUT2D eigenvalue weighted by Crippen LogP contribution is -2.65. The SMILES string of the molecule is CC1(C)CNC(=O)C(CCN)N1Cc1ccncc1. The van der Waals surface area contributed by atoms with Crippen molar-refractivity contribution in [2.75, 3.05) is 13.1 Å². The maximum absolute atomic E-state index is 12.1. The largest absolute Gasteiger partial charge is 0.353 e. The summed E-state index contributed by atoms with van der Waals surface area (Å²) in [7, 11) is 0. The average Bonchev–Trinajstić information content (AvgIpc) is 2.40. The van der Waals surface area contributed by atoms with E-state index in [0.29, 0.717) is 19.5 Å². The molecular formula is C14H22N4O. The number of nitrogens with two attached hydrogens (primary N) is 1. The van der Waals surface area contributed by atoms with Gasteiger partial charge < -0.3 is 11.1 Å². The van der Waals surface area contributed by atoms with Gasteiger partial charge in [-0.05, 0) is 44.5 Å². The van der Waals surface area contributed by atoms with Crippen LogP contribution in [0.4, 0.5) is 0 Å². The van der Waals surface area contributed by atoms with Gasteiger partial charge in [0, 0.05) is 31.0 Å². The van der Waals surface area contributed by atoms with E-state index in [0.717, 1.165) is 6.54 Å². The summed E-state index contributed by atoms with van der Waals surface area (Å²) >= 11 is 0. The molecule has 1 unspecified atom stereocenters. The molecule has 0 saturated carbocycles. The topological polar surface area (TPSA) is 71.2 Å². The van der Waals surface area contributed by atoms with Gasteiger partial charge in [0.15, 0.2) is 0 Å². The maximum Gasteiger partial charge on any atom is 0.237 e. The molecule has 3 N–H and O–H groups in total. The van der Waals surface area contributed by atoms with Gasteiger partial charge >= 0.3 is 0 Å². The van der Waals surface area contributed by atoms with Gasteiger partial charge in [-0.25, -0.2) is 0 Å². The number of rotatable bonds is 4. The first-order valence-electron chi connectivity index (χ1n) is 6.68. The van der Waals surface area contributed by atoms with Crippen LogP contribution in [0.5, 0.6) is 0 Å². The first-order chi connectivity index (χ1) is 9.04. The number of hydrogen-bond donors (Lipinski definition) is 2. The van der Waals surface area contributed by atoms with E-state index in [-0.39, 0.29) is 17.5 Å². The molecule has 0 aromatic carbocycles. The number of pyridine rings is 1. The Bertz CT molecular complexity index is 432. The molecule has 0 bridgehead atoms. The van der Waals surface area contributed by atoms with Gasteiger partial charge in [-0.1, -0.05) is 0 Å². The Morgan fingerprint density at radius 1 is 1.47 bits per heavy atom. The first kappa shape index (κ1) is 14.0. The smallest absolute Gasteiger partial charge is 0.237 e. The Morgan fingerprint density at radius 2 is 2.16 bits per heavy atom. The highest BCUT2D eigenvalue weighted by Crippen LogP contribution is 2.25. The van der Waals surface area contributed by atoms with E-state index in [9.17, 15) is 4.79 Å². The number of nitrogens with one attached hydrogen (secondary N) is 1. The monoisotopic (exact) mass is 262 g/mol. The van der Waals surface area contributed by atoms with Crippen molar-refractivity contribution in [3.05, 3.63) is 30.1 Å². The minimum Gasteiger partial charge on any atom is -0.353 e. The third-order valence-corrected chi connectivity index (χ3v) is 3.69. The van der Waals surface area contributed by atoms with Gasteiger partial charge in [0.25, 0.3) is 0 Å². The highest BCUT2D eigenvalue weighted by atomic mass is 16.2. The number of carbonyl (C=O) groups excluding carboxylic acids is 1. The second kappa shape index (κ2) is 5.67. The summed E-state index contributed by atoms with van der Waals surface area (Å²) in [4.78, 5) is 18.3. The van der Waals surface area contributed by atoms with Crippen molar-refractivity contribution >= 4 is 5.91 Å². The average molecular weight is 262 g/mol. The first-order valence-corrected chi connectivity index (χ1v) is 6.68. The number of aromatic nitrogens is 1. The molecule has 1 amide bonds. The normalized spacial score (nSPS) is 23.1. The van der Waals surface area contributed by atoms with E-state index in [1.165, 1.54) is 5.56 Å². The zero-order valence-electron chi connectivity index (χ0n) is 11.6. The molecule has 1 aromatic heterocycles. The van der Waals surface area contributed by atoms with Gasteiger partial charge in [-0.15, -0.1) is 0 Å². The highest BCUT2D eigenvalue weighted by Gasteiger charge is 2.40. The molecule has 0 spiro atoms. The second-order valence-electron chi connectivity index (χ2n) is 5.61. The Morgan fingerprint density at radius 3 is 2.79 bits per heavy atom. The molecule has 1 atom stereocenters. The van der Waals surface area contributed by atoms with Crippen LogP contribution < -0.4 is 11.1 Å². The lowest BCUT2D eigenvalue weighted by Gasteiger charge is -2.47. The third kappa shape index (κ3) is 3.11. The molecule has 1 aliphatic rings. The van der Waals surface area contributed by atoms with Crippen LogP contribution in [0.1, 0.15) is 25.8 Å². The van der Waals surface area contributed by atoms with Crippen LogP contribution in [0.15, 0.2) is 24.5 Å². The molecule has 0 radical (unpaired) electrons. The Labute approximate surface area is 114 Å². The standard InChI is InChI=1S/C14H22N4O/c1-14(2)10-17-13(19)12(3-6-15)18(14)9-11-4-7-16-8-5-11/h4-5,7-8,12H,3,6,9-10,15H2,1-2H3,(H,17,19). The van der Waals surface area contributed by atoms with Gasteiger partial charge in [-0.2, -0.15) is 0 Å². The molecule has 104 valence electrons. The minimum atomic E-state index is -0.151. The summed E-state index contributed by atoms with van der Waals surface area (Å²) in [6.07, 6.45) is 4.24. The van der Waals surface area contributed by atoms with Crippen LogP contribution in [-0.4, -0.2) is 40.5 Å². The number of amides is 1. The van der Waals surface area contributed by atoms with Gasteiger partial charge in [0.05, 0.1) is 6.04 Å². The second-order valence-corrected chi connectivity index (χ2v) is 5.61. The Balaban J connectivity index is 2.22. The number of nitrogens with zero attached hydrogens (tertiary/aromatic N) is 2. The van der Waals surface area contributed by atoms with Crippen molar-refractivity contribution in [2.45, 2.75) is 38.4 Å². The van der Waals surface area contributed by atoms with Crippen LogP contribution in [0.25, 0.3) is 0 Å². The van der Waals surface area contributed by atoms with Gasteiger partial charge in [0.1, 0.15) is 0 Å². The van der Waals surface area contributed by atoms with Crippen molar-refractivity contribution in [3.63, 3.8) is 0 Å². The molecule has 1 saturated heterocycles. The Kier molecular flexibility index (Phi) is 4.17. The van der Waals surface area contributed by atoms with Crippen LogP contribution in [0, 0.1) is 0 Å². The fraction of sp³-hybridized carbons (Fsp3) is 0.571. The van der Waals surface area contributed by atoms with Crippen molar-refractivity contribution in [1.29, 1.82) is 0 Å². The summed E-state index contributed by atoms with van der Waals surface area (Å²) in [6.45, 7) is 6.22. The summed E-state index contributed by atoms with van der Waals surface area (Å²) in [5, 5.41) is 2.97. The molecule has 1 aromatic rings. The number of hydrogen-bond acceptors (Lipinski definition) is 4. The summed E-state index contributed by atoms with van der Waals surface area (Å²) < 4.78 is 0. The molecule has 1 aliphatic heterocycles. The number of piperazine rings is 1. The van der Waals surface area contributed by atoms with Crippen LogP contribution in [0.3, 0.4) is 0 Å². The number of carbonyl (C=O) groups is 1. The fourth-order valence-corrected chi connectivity index (χ4v) is 2.54. The zero-order valence-corrected chi connectivity index (χ0v) is 11.6. The third-order valence-electron chi connectivity index (χ3n) is 3.69. The molecule has 5 nitrogen and oxygen atoms in total. The van der Waals surface area contributed by atoms with Crippen LogP contribution >= 0.6 is 0 Å². The summed E-state index contributed by atoms with van der Waals surface area (Å²) in [5.41, 5.74) is 6.74. The van der Waals surface area contributed by atoms with E-state index in [1.807, 2.05) is 12.1 Å². The van der Waals surface area contributed by atoms with E-state index in [4.69, 9.17) is 5.73 Å². The zero-order chi connectivity index (χ0) is 13.9. The van der Waals surface area contributed by atoms with Crippen molar-refractivity contribution in [2.24, 2.45) is 5.73 Å². The van der Waals surface area contributed by atoms with E-state index in [2.05, 4.69) is 29.0 Å². The lowest BCUT2D eigenvalue weighted by molar-refractivity contribution is -0.135. The molecule has 19 heavy (non-hydrogen) atoms. The molecule has 5 heteroatoms. The van der Waals surface area contributed by atoms with Gasteiger partial charge in [-0.3, -0.25) is 14.7 Å². The van der Waals surface area contributed by atoms with Crippen LogP contribution in [-0.2, 0) is 11.3 Å². The lowest BCUT2D eigenvalue weighted by atomic mass is 9.93. The highest BCUT2D eigenvalue weighted by molar-refractivity contribution is 5.82. The van der Waals surface area contributed by atoms with Crippen molar-refractivity contribution in [1.82, 2.24) is 15.2 Å². The molecule has 0 aliphatic carbocycles.